The van der Waals surface area contributed by atoms with Gasteiger partial charge in [0.15, 0.2) is 0 Å². The van der Waals surface area contributed by atoms with Crippen molar-refractivity contribution in [3.8, 4) is 56.6 Å². The normalized spacial score (nSPS) is 11.1. The van der Waals surface area contributed by atoms with Crippen LogP contribution in [-0.4, -0.2) is 0 Å². The van der Waals surface area contributed by atoms with Crippen molar-refractivity contribution in [2.45, 2.75) is 96.9 Å². The van der Waals surface area contributed by atoms with Crippen LogP contribution >= 0.6 is 0 Å². The van der Waals surface area contributed by atoms with Gasteiger partial charge in [-0.15, -0.1) is 0 Å². The zero-order chi connectivity index (χ0) is 60.8. The minimum absolute atomic E-state index is 1.27. The molecule has 86 heavy (non-hydrogen) atoms. The first kappa shape index (κ1) is 57.9. The topological polar surface area (TPSA) is 47.6 Å². The minimum Gasteiger partial charge on any atom is -0.199 e. The summed E-state index contributed by atoms with van der Waals surface area (Å²) in [7, 11) is 0. The summed E-state index contributed by atoms with van der Waals surface area (Å²) in [4.78, 5) is 0. The quantitative estimate of drug-likeness (QED) is 0.176. The molecule has 14 aromatic carbocycles. The van der Waals surface area contributed by atoms with Crippen molar-refractivity contribution >= 4 is 86.2 Å². The summed E-state index contributed by atoms with van der Waals surface area (Å²) < 4.78 is 0. The SMILES string of the molecule is CC#N.CC#N.Cc1cc(C)c(-c2c3ccccc3ccc3cc4c(-c5c(C)cc(C)cc5C)c5ccccc5c4cc23)c(C)c1.Cc1cc(C)c(-c2c3ccccc3ccc3cc4c(-c5c(C)cc(C)cc5C)c5ccccc5c4cc23)c(C)c1. The Labute approximate surface area is 508 Å². The smallest absolute Gasteiger partial charge is 0.0587 e. The fourth-order valence-electron chi connectivity index (χ4n) is 14.7. The number of fused-ring (bicyclic) bond motifs is 10. The van der Waals surface area contributed by atoms with Crippen molar-refractivity contribution < 1.29 is 0 Å². The van der Waals surface area contributed by atoms with Crippen molar-refractivity contribution in [2.24, 2.45) is 0 Å². The Morgan fingerprint density at radius 2 is 0.419 bits per heavy atom. The number of hydrogen-bond donors (Lipinski definition) is 0. The van der Waals surface area contributed by atoms with E-state index in [2.05, 4.69) is 277 Å². The van der Waals surface area contributed by atoms with Gasteiger partial charge in [-0.1, -0.05) is 192 Å². The Bertz CT molecular complexity index is 4750. The fraction of sp³-hybridized carbons (Fsp3) is 0.167. The Hall–Kier alpha value is -9.86. The second-order valence-corrected chi connectivity index (χ2v) is 23.9. The molecule has 420 valence electrons. The molecular formula is C84H74N2. The zero-order valence-electron chi connectivity index (χ0n) is 52.4. The standard InChI is InChI=1S/2C40H34.2C2H3N/c2*1-23-17-25(3)37(26(4)18-23)39-31-12-8-7-11-29(31)15-16-30-21-36-35(22-34(30)39)32-13-9-10-14-33(32)40(36)38-27(5)19-24(2)20-28(38)6;2*1-2-3/h2*7-22H,1-6H3;2*1H3. The van der Waals surface area contributed by atoms with Gasteiger partial charge in [-0.2, -0.15) is 10.5 Å². The molecule has 0 amide bonds. The van der Waals surface area contributed by atoms with Gasteiger partial charge in [0.1, 0.15) is 0 Å². The van der Waals surface area contributed by atoms with Gasteiger partial charge in [-0.05, 0) is 283 Å². The Balaban J connectivity index is 0.000000164. The van der Waals surface area contributed by atoms with E-state index in [0.29, 0.717) is 0 Å². The van der Waals surface area contributed by atoms with Crippen molar-refractivity contribution in [3.63, 3.8) is 0 Å². The summed E-state index contributed by atoms with van der Waals surface area (Å²) in [5.74, 6) is 0. The highest BCUT2D eigenvalue weighted by Gasteiger charge is 2.23. The van der Waals surface area contributed by atoms with E-state index < -0.39 is 0 Å². The van der Waals surface area contributed by atoms with Crippen LogP contribution in [0.25, 0.3) is 131 Å². The molecular weight excluding hydrogens is 1040 g/mol. The van der Waals surface area contributed by atoms with E-state index in [0.717, 1.165) is 0 Å². The molecule has 2 heteroatoms. The van der Waals surface area contributed by atoms with Gasteiger partial charge in [0, 0.05) is 13.8 Å². The average Bonchev–Trinajstić information content (AvgIpc) is 1.59. The van der Waals surface area contributed by atoms with Crippen molar-refractivity contribution in [1.29, 1.82) is 10.5 Å². The Morgan fingerprint density at radius 3 is 0.698 bits per heavy atom. The maximum absolute atomic E-state index is 7.32. The first-order valence-electron chi connectivity index (χ1n) is 30.0. The van der Waals surface area contributed by atoms with Crippen LogP contribution in [0, 0.1) is 106 Å². The van der Waals surface area contributed by atoms with Crippen molar-refractivity contribution in [1.82, 2.24) is 0 Å². The largest absolute Gasteiger partial charge is 0.199 e. The summed E-state index contributed by atoms with van der Waals surface area (Å²) in [5.41, 5.74) is 26.8. The zero-order valence-corrected chi connectivity index (χ0v) is 52.4. The fourth-order valence-corrected chi connectivity index (χ4v) is 14.7. The summed E-state index contributed by atoms with van der Waals surface area (Å²) in [6.45, 7) is 29.7. The molecule has 0 N–H and O–H groups in total. The van der Waals surface area contributed by atoms with E-state index in [1.807, 2.05) is 0 Å². The second kappa shape index (κ2) is 23.7. The number of nitriles is 2. The van der Waals surface area contributed by atoms with E-state index >= 15 is 0 Å². The van der Waals surface area contributed by atoms with Gasteiger partial charge in [0.2, 0.25) is 0 Å². The van der Waals surface area contributed by atoms with E-state index in [-0.39, 0.29) is 0 Å². The van der Waals surface area contributed by atoms with Crippen molar-refractivity contribution in [3.05, 3.63) is 261 Å². The first-order chi connectivity index (χ1) is 41.5. The third-order valence-electron chi connectivity index (χ3n) is 17.5. The van der Waals surface area contributed by atoms with E-state index in [9.17, 15) is 0 Å². The number of rotatable bonds is 4. The maximum atomic E-state index is 7.32. The van der Waals surface area contributed by atoms with Crippen molar-refractivity contribution in [2.75, 3.05) is 0 Å². The highest BCUT2D eigenvalue weighted by Crippen LogP contribution is 2.49. The van der Waals surface area contributed by atoms with Crippen LogP contribution in [0.15, 0.2) is 194 Å². The van der Waals surface area contributed by atoms with E-state index in [1.165, 1.54) is 211 Å². The van der Waals surface area contributed by atoms with Gasteiger partial charge in [0.05, 0.1) is 12.1 Å². The average molecular weight is 1110 g/mol. The molecule has 0 bridgehead atoms. The molecule has 0 aliphatic carbocycles. The molecule has 0 saturated heterocycles. The summed E-state index contributed by atoms with van der Waals surface area (Å²) >= 11 is 0. The number of hydrogen-bond acceptors (Lipinski definition) is 2. The second-order valence-electron chi connectivity index (χ2n) is 23.9. The van der Waals surface area contributed by atoms with Gasteiger partial charge in [-0.3, -0.25) is 0 Å². The van der Waals surface area contributed by atoms with E-state index in [1.54, 1.807) is 12.1 Å². The van der Waals surface area contributed by atoms with Crippen LogP contribution in [-0.2, 0) is 0 Å². The number of benzene rings is 10. The molecule has 14 aromatic rings. The number of nitrogens with zero attached hydrogens (tertiary/aromatic N) is 2. The molecule has 0 spiro atoms. The first-order valence-corrected chi connectivity index (χ1v) is 30.0. The molecule has 0 fully saturated rings. The predicted octanol–water partition coefficient (Wildman–Crippen LogP) is 24.0. The monoisotopic (exact) mass is 1110 g/mol. The lowest BCUT2D eigenvalue weighted by Gasteiger charge is -2.15. The summed E-state index contributed by atoms with van der Waals surface area (Å²) in [6.07, 6.45) is 0. The minimum atomic E-state index is 1.27. The van der Waals surface area contributed by atoms with Gasteiger partial charge in [0.25, 0.3) is 0 Å². The van der Waals surface area contributed by atoms with Gasteiger partial charge >= 0.3 is 0 Å². The molecule has 2 nitrogen and oxygen atoms in total. The van der Waals surface area contributed by atoms with Crippen LogP contribution in [0.1, 0.15) is 80.6 Å². The summed E-state index contributed by atoms with van der Waals surface area (Å²) in [6, 6.07) is 76.9. The molecule has 0 heterocycles. The summed E-state index contributed by atoms with van der Waals surface area (Å²) in [5, 5.41) is 35.6. The molecule has 0 radical (unpaired) electrons. The molecule has 0 atom stereocenters. The molecule has 0 saturated carbocycles. The van der Waals surface area contributed by atoms with Crippen LogP contribution in [0.3, 0.4) is 0 Å². The van der Waals surface area contributed by atoms with Crippen LogP contribution in [0.4, 0.5) is 0 Å². The Morgan fingerprint density at radius 1 is 0.198 bits per heavy atom. The van der Waals surface area contributed by atoms with E-state index in [4.69, 9.17) is 10.5 Å². The molecule has 0 aliphatic heterocycles. The molecule has 0 aliphatic rings. The Kier molecular flexibility index (Phi) is 15.9. The lowest BCUT2D eigenvalue weighted by molar-refractivity contribution is 1.33. The molecule has 14 rings (SSSR count). The maximum Gasteiger partial charge on any atom is 0.0587 e. The van der Waals surface area contributed by atoms with Crippen LogP contribution < -0.4 is 0 Å². The predicted molar refractivity (Wildman–Crippen MR) is 374 cm³/mol. The molecule has 0 aromatic heterocycles. The van der Waals surface area contributed by atoms with Gasteiger partial charge in [-0.25, -0.2) is 0 Å². The third kappa shape index (κ3) is 10.3. The highest BCUT2D eigenvalue weighted by molar-refractivity contribution is 6.29. The highest BCUT2D eigenvalue weighted by atomic mass is 14.3. The van der Waals surface area contributed by atoms with Gasteiger partial charge < -0.3 is 0 Å². The van der Waals surface area contributed by atoms with Crippen LogP contribution in [0.5, 0.6) is 0 Å². The molecule has 0 unspecified atom stereocenters. The third-order valence-corrected chi connectivity index (χ3v) is 17.5. The number of aryl methyl sites for hydroxylation is 12. The van der Waals surface area contributed by atoms with Crippen LogP contribution in [0.2, 0.25) is 0 Å². The lowest BCUT2D eigenvalue weighted by atomic mass is 9.88. The lowest BCUT2D eigenvalue weighted by Crippen LogP contribution is -1.92.